The number of benzene rings is 2. The summed E-state index contributed by atoms with van der Waals surface area (Å²) < 4.78 is 37.5. The molecule has 1 aliphatic heterocycles. The number of nitrogens with zero attached hydrogens (tertiary/aromatic N) is 1. The van der Waals surface area contributed by atoms with Crippen molar-refractivity contribution in [2.75, 3.05) is 38.3 Å². The van der Waals surface area contributed by atoms with Crippen molar-refractivity contribution in [1.82, 2.24) is 0 Å². The van der Waals surface area contributed by atoms with Crippen molar-refractivity contribution in [2.45, 2.75) is 9.79 Å². The van der Waals surface area contributed by atoms with Crippen LogP contribution in [0.15, 0.2) is 58.5 Å². The lowest BCUT2D eigenvalue weighted by Gasteiger charge is -2.30. The Morgan fingerprint density at radius 1 is 1.11 bits per heavy atom. The van der Waals surface area contributed by atoms with Crippen LogP contribution in [0.1, 0.15) is 0 Å². The highest BCUT2D eigenvalue weighted by Crippen LogP contribution is 2.36. The molecule has 1 fully saturated rings. The molecule has 146 valence electrons. The second-order valence-corrected chi connectivity index (χ2v) is 8.82. The Morgan fingerprint density at radius 2 is 1.82 bits per heavy atom. The zero-order valence-corrected chi connectivity index (χ0v) is 16.9. The van der Waals surface area contributed by atoms with Gasteiger partial charge in [-0.25, -0.2) is 13.4 Å². The van der Waals surface area contributed by atoms with E-state index in [2.05, 4.69) is 4.98 Å². The van der Waals surface area contributed by atoms with Crippen LogP contribution >= 0.6 is 11.6 Å². The SMILES string of the molecule is COc1ccc(S(=O)(=O)c2c[nH+]c3ccc(Cl)cc3c2N2CCOCC2)cc1. The summed E-state index contributed by atoms with van der Waals surface area (Å²) in [6.07, 6.45) is 1.56. The Balaban J connectivity index is 1.94. The number of pyridine rings is 1. The van der Waals surface area contributed by atoms with Gasteiger partial charge in [0.05, 0.1) is 36.3 Å². The molecule has 0 amide bonds. The van der Waals surface area contributed by atoms with Gasteiger partial charge in [0.2, 0.25) is 15.4 Å². The fourth-order valence-corrected chi connectivity index (χ4v) is 5.01. The number of aromatic nitrogens is 1. The van der Waals surface area contributed by atoms with Crippen LogP contribution in [0.3, 0.4) is 0 Å². The van der Waals surface area contributed by atoms with Crippen molar-refractivity contribution < 1.29 is 22.9 Å². The zero-order valence-electron chi connectivity index (χ0n) is 15.3. The van der Waals surface area contributed by atoms with Gasteiger partial charge < -0.3 is 14.4 Å². The number of hydrogen-bond donors (Lipinski definition) is 0. The maximum absolute atomic E-state index is 13.5. The van der Waals surface area contributed by atoms with E-state index >= 15 is 0 Å². The molecule has 0 spiro atoms. The van der Waals surface area contributed by atoms with Crippen LogP contribution in [0, 0.1) is 0 Å². The number of H-pyrrole nitrogens is 1. The molecule has 28 heavy (non-hydrogen) atoms. The van der Waals surface area contributed by atoms with Crippen molar-refractivity contribution in [2.24, 2.45) is 0 Å². The third-order valence-electron chi connectivity index (χ3n) is 4.82. The monoisotopic (exact) mass is 419 g/mol. The van der Waals surface area contributed by atoms with Gasteiger partial charge in [-0.2, -0.15) is 0 Å². The molecule has 0 saturated carbocycles. The number of halogens is 1. The molecule has 8 heteroatoms. The van der Waals surface area contributed by atoms with E-state index in [0.29, 0.717) is 42.8 Å². The maximum atomic E-state index is 13.5. The van der Waals surface area contributed by atoms with Crippen LogP contribution in [0.2, 0.25) is 5.02 Å². The molecule has 4 rings (SSSR count). The number of sulfone groups is 1. The summed E-state index contributed by atoms with van der Waals surface area (Å²) in [5, 5.41) is 1.32. The van der Waals surface area contributed by atoms with Crippen LogP contribution in [0.25, 0.3) is 10.9 Å². The van der Waals surface area contributed by atoms with E-state index in [1.54, 1.807) is 49.7 Å². The van der Waals surface area contributed by atoms with Crippen LogP contribution < -0.4 is 14.6 Å². The molecule has 2 aromatic carbocycles. The largest absolute Gasteiger partial charge is 0.497 e. The van der Waals surface area contributed by atoms with Crippen LogP contribution in [0.4, 0.5) is 5.69 Å². The Labute approximate surface area is 168 Å². The van der Waals surface area contributed by atoms with E-state index in [-0.39, 0.29) is 9.79 Å². The molecular formula is C20H20ClN2O4S+. The molecule has 3 aromatic rings. The van der Waals surface area contributed by atoms with Gasteiger partial charge in [-0.05, 0) is 36.4 Å². The van der Waals surface area contributed by atoms with Gasteiger partial charge in [-0.15, -0.1) is 0 Å². The Bertz CT molecular complexity index is 1110. The van der Waals surface area contributed by atoms with E-state index in [1.807, 2.05) is 11.0 Å². The van der Waals surface area contributed by atoms with E-state index in [1.165, 1.54) is 0 Å². The summed E-state index contributed by atoms with van der Waals surface area (Å²) in [5.41, 5.74) is 1.47. The van der Waals surface area contributed by atoms with Gasteiger partial charge in [0.15, 0.2) is 11.1 Å². The Kier molecular flexibility index (Phi) is 5.14. The fraction of sp³-hybridized carbons (Fsp3) is 0.250. The minimum absolute atomic E-state index is 0.206. The van der Waals surface area contributed by atoms with E-state index < -0.39 is 9.84 Å². The number of fused-ring (bicyclic) bond motifs is 1. The molecule has 6 nitrogen and oxygen atoms in total. The smallest absolute Gasteiger partial charge is 0.214 e. The fourth-order valence-electron chi connectivity index (χ4n) is 3.38. The molecule has 0 atom stereocenters. The van der Waals surface area contributed by atoms with Gasteiger partial charge >= 0.3 is 0 Å². The maximum Gasteiger partial charge on any atom is 0.214 e. The summed E-state index contributed by atoms with van der Waals surface area (Å²) in [5.74, 6) is 0.601. The number of hydrogen-bond acceptors (Lipinski definition) is 5. The van der Waals surface area contributed by atoms with Crippen molar-refractivity contribution >= 4 is 38.0 Å². The number of rotatable bonds is 4. The lowest BCUT2D eigenvalue weighted by molar-refractivity contribution is -0.347. The Hall–Kier alpha value is -2.35. The zero-order chi connectivity index (χ0) is 19.7. The molecular weight excluding hydrogens is 400 g/mol. The normalized spacial score (nSPS) is 15.0. The molecule has 0 unspecified atom stereocenters. The predicted octanol–water partition coefficient (Wildman–Crippen LogP) is 2.99. The van der Waals surface area contributed by atoms with Gasteiger partial charge in [0, 0.05) is 24.2 Å². The van der Waals surface area contributed by atoms with Crippen LogP contribution in [0.5, 0.6) is 5.75 Å². The van der Waals surface area contributed by atoms with Crippen LogP contribution in [-0.4, -0.2) is 41.8 Å². The topological polar surface area (TPSA) is 70.0 Å². The third-order valence-corrected chi connectivity index (χ3v) is 6.83. The second-order valence-electron chi connectivity index (χ2n) is 6.47. The van der Waals surface area contributed by atoms with Crippen molar-refractivity contribution in [3.63, 3.8) is 0 Å². The molecule has 1 aromatic heterocycles. The quantitative estimate of drug-likeness (QED) is 0.650. The summed E-state index contributed by atoms with van der Waals surface area (Å²) in [6, 6.07) is 11.8. The van der Waals surface area contributed by atoms with Crippen molar-refractivity contribution in [1.29, 1.82) is 0 Å². The number of aromatic amines is 1. The molecule has 1 N–H and O–H groups in total. The number of morpholine rings is 1. The highest BCUT2D eigenvalue weighted by Gasteiger charge is 2.30. The first kappa shape index (κ1) is 19.0. The van der Waals surface area contributed by atoms with Gasteiger partial charge in [-0.3, -0.25) is 0 Å². The van der Waals surface area contributed by atoms with Crippen LogP contribution in [-0.2, 0) is 14.6 Å². The summed E-state index contributed by atoms with van der Waals surface area (Å²) >= 11 is 6.23. The number of nitrogens with one attached hydrogen (secondary N) is 1. The minimum atomic E-state index is -3.76. The number of anilines is 1. The number of ether oxygens (including phenoxy) is 2. The Morgan fingerprint density at radius 3 is 2.50 bits per heavy atom. The van der Waals surface area contributed by atoms with Gasteiger partial charge in [0.25, 0.3) is 0 Å². The second kappa shape index (κ2) is 7.58. The molecule has 0 bridgehead atoms. The van der Waals surface area contributed by atoms with Gasteiger partial charge in [-0.1, -0.05) is 11.6 Å². The molecule has 1 saturated heterocycles. The highest BCUT2D eigenvalue weighted by atomic mass is 35.5. The van der Waals surface area contributed by atoms with E-state index in [9.17, 15) is 8.42 Å². The van der Waals surface area contributed by atoms with Gasteiger partial charge in [0.1, 0.15) is 5.75 Å². The summed E-state index contributed by atoms with van der Waals surface area (Å²) in [7, 11) is -2.22. The summed E-state index contributed by atoms with van der Waals surface area (Å²) in [4.78, 5) is 5.58. The predicted molar refractivity (Wildman–Crippen MR) is 107 cm³/mol. The highest BCUT2D eigenvalue weighted by molar-refractivity contribution is 7.91. The van der Waals surface area contributed by atoms with E-state index in [0.717, 1.165) is 10.9 Å². The molecule has 2 heterocycles. The van der Waals surface area contributed by atoms with Crippen molar-refractivity contribution in [3.05, 3.63) is 53.7 Å². The molecule has 0 aliphatic carbocycles. The minimum Gasteiger partial charge on any atom is -0.497 e. The average molecular weight is 420 g/mol. The third kappa shape index (κ3) is 3.41. The summed E-state index contributed by atoms with van der Waals surface area (Å²) in [6.45, 7) is 2.30. The first-order valence-corrected chi connectivity index (χ1v) is 10.7. The molecule has 0 radical (unpaired) electrons. The lowest BCUT2D eigenvalue weighted by atomic mass is 10.1. The number of methoxy groups -OCH3 is 1. The first-order chi connectivity index (χ1) is 13.5. The average Bonchev–Trinajstić information content (AvgIpc) is 2.73. The first-order valence-electron chi connectivity index (χ1n) is 8.86. The standard InChI is InChI=1S/C20H19ClN2O4S/c1-26-15-3-5-16(6-4-15)28(24,25)19-13-22-18-7-2-14(21)12-17(18)20(19)23-8-10-27-11-9-23/h2-7,12-13H,8-11H2,1H3/p+1. The lowest BCUT2D eigenvalue weighted by Crippen LogP contribution is -2.37. The van der Waals surface area contributed by atoms with E-state index in [4.69, 9.17) is 21.1 Å². The molecule has 1 aliphatic rings. The van der Waals surface area contributed by atoms with Crippen molar-refractivity contribution in [3.8, 4) is 5.75 Å².